The van der Waals surface area contributed by atoms with Gasteiger partial charge in [-0.25, -0.2) is 0 Å². The van der Waals surface area contributed by atoms with Gasteiger partial charge in [-0.15, -0.1) is 11.6 Å². The van der Waals surface area contributed by atoms with Crippen molar-refractivity contribution >= 4 is 34.9 Å². The molecule has 0 amide bonds. The first-order valence-corrected chi connectivity index (χ1v) is 2.08. The minimum absolute atomic E-state index is 0. The van der Waals surface area contributed by atoms with E-state index in [2.05, 4.69) is 0 Å². The number of carboxylic acids is 1. The average Bonchev–Trinajstić information content (AvgIpc) is 1.35. The summed E-state index contributed by atoms with van der Waals surface area (Å²) in [7, 11) is 0. The smallest absolute Gasteiger partial charge is 0.304 e. The monoisotopic (exact) mass is 138 g/mol. The Morgan fingerprint density at radius 1 is 1.71 bits per heavy atom. The van der Waals surface area contributed by atoms with E-state index in [1.165, 1.54) is 0 Å². The van der Waals surface area contributed by atoms with Gasteiger partial charge in [0.15, 0.2) is 17.4 Å². The Labute approximate surface area is 57.6 Å². The third-order valence-electron chi connectivity index (χ3n) is 0.308. The minimum atomic E-state index is -0.843. The van der Waals surface area contributed by atoms with Crippen molar-refractivity contribution in [1.82, 2.24) is 0 Å². The molecule has 0 aromatic heterocycles. The molecule has 0 saturated heterocycles. The molecule has 0 bridgehead atoms. The average molecular weight is 139 g/mol. The number of rotatable bonds is 2. The van der Waals surface area contributed by atoms with Gasteiger partial charge in [0.25, 0.3) is 0 Å². The maximum Gasteiger partial charge on any atom is 0.304 e. The highest BCUT2D eigenvalue weighted by Crippen LogP contribution is 1.80. The Balaban J connectivity index is 0. The van der Waals surface area contributed by atoms with Crippen LogP contribution in [0, 0.1) is 0 Å². The first-order chi connectivity index (χ1) is 2.77. The molecule has 2 nitrogen and oxygen atoms in total. The van der Waals surface area contributed by atoms with Gasteiger partial charge >= 0.3 is 5.97 Å². The Morgan fingerprint density at radius 2 is 2.14 bits per heavy atom. The molecule has 1 N–H and O–H groups in total. The Morgan fingerprint density at radius 3 is 2.14 bits per heavy atom. The van der Waals surface area contributed by atoms with Gasteiger partial charge in [0.2, 0.25) is 0 Å². The maximum atomic E-state index is 9.51. The van der Waals surface area contributed by atoms with Crippen LogP contribution < -0.4 is 0 Å². The van der Waals surface area contributed by atoms with Crippen LogP contribution in [0.5, 0.6) is 0 Å². The molecular weight excluding hydrogens is 130 g/mol. The molecule has 42 valence electrons. The van der Waals surface area contributed by atoms with Crippen molar-refractivity contribution in [2.45, 2.75) is 6.42 Å². The van der Waals surface area contributed by atoms with Crippen LogP contribution in [0.4, 0.5) is 0 Å². The number of carbonyl (C=O) groups is 1. The molecule has 0 aliphatic carbocycles. The lowest BCUT2D eigenvalue weighted by atomic mass is 10.5. The zero-order valence-electron chi connectivity index (χ0n) is 3.15. The highest BCUT2D eigenvalue weighted by atomic mass is 35.5. The van der Waals surface area contributed by atoms with Crippen LogP contribution in [0.2, 0.25) is 0 Å². The summed E-state index contributed by atoms with van der Waals surface area (Å²) >= 11 is 5.02. The van der Waals surface area contributed by atoms with Crippen LogP contribution in [-0.4, -0.2) is 34.3 Å². The van der Waals surface area contributed by atoms with E-state index >= 15 is 0 Å². The third kappa shape index (κ3) is 10.7. The quantitative estimate of drug-likeness (QED) is 0.413. The normalized spacial score (nSPS) is 7.00. The van der Waals surface area contributed by atoms with E-state index in [4.69, 9.17) is 16.7 Å². The standard InChI is InChI=1S/C3H5ClO2.Al.3H/c4-2-1-3(5)6;;;;/h1-2H2,(H,5,6);;;;. The lowest BCUT2D eigenvalue weighted by Crippen LogP contribution is -1.93. The number of carboxylic acid groups (broad SMARTS) is 1. The van der Waals surface area contributed by atoms with Gasteiger partial charge in [-0.3, -0.25) is 4.79 Å². The summed E-state index contributed by atoms with van der Waals surface area (Å²) in [6.07, 6.45) is 0.0571. The summed E-state index contributed by atoms with van der Waals surface area (Å²) < 4.78 is 0. The van der Waals surface area contributed by atoms with Crippen LogP contribution in [0.15, 0.2) is 0 Å². The van der Waals surface area contributed by atoms with Crippen molar-refractivity contribution in [3.05, 3.63) is 0 Å². The fourth-order valence-corrected chi connectivity index (χ4v) is 0.243. The van der Waals surface area contributed by atoms with Crippen molar-refractivity contribution < 1.29 is 9.90 Å². The summed E-state index contributed by atoms with van der Waals surface area (Å²) in [4.78, 5) is 9.51. The fraction of sp³-hybridized carbons (Fsp3) is 0.667. The maximum absolute atomic E-state index is 9.51. The van der Waals surface area contributed by atoms with Crippen LogP contribution in [0.25, 0.3) is 0 Å². The summed E-state index contributed by atoms with van der Waals surface area (Å²) in [5.74, 6) is -0.639. The van der Waals surface area contributed by atoms with Crippen LogP contribution in [0.1, 0.15) is 6.42 Å². The van der Waals surface area contributed by atoms with E-state index < -0.39 is 5.97 Å². The van der Waals surface area contributed by atoms with Gasteiger partial charge in [0.1, 0.15) is 0 Å². The SMILES string of the molecule is O=C(O)CCCl.[AlH3]. The van der Waals surface area contributed by atoms with Crippen molar-refractivity contribution in [2.24, 2.45) is 0 Å². The predicted octanol–water partition coefficient (Wildman–Crippen LogP) is -0.484. The third-order valence-corrected chi connectivity index (χ3v) is 0.497. The predicted molar refractivity (Wildman–Crippen MR) is 32.9 cm³/mol. The molecule has 0 radical (unpaired) electrons. The minimum Gasteiger partial charge on any atom is -0.481 e. The largest absolute Gasteiger partial charge is 0.481 e. The Kier molecular flexibility index (Phi) is 9.27. The zero-order chi connectivity index (χ0) is 4.99. The van der Waals surface area contributed by atoms with E-state index in [0.717, 1.165) is 0 Å². The van der Waals surface area contributed by atoms with Crippen LogP contribution in [-0.2, 0) is 4.79 Å². The van der Waals surface area contributed by atoms with Crippen molar-refractivity contribution in [2.75, 3.05) is 5.88 Å². The second kappa shape index (κ2) is 6.29. The molecule has 4 heteroatoms. The summed E-state index contributed by atoms with van der Waals surface area (Å²) in [6, 6.07) is 0. The molecule has 0 aliphatic heterocycles. The molecule has 0 unspecified atom stereocenters. The molecule has 0 saturated carbocycles. The number of alkyl halides is 1. The van der Waals surface area contributed by atoms with Crippen molar-refractivity contribution in [3.8, 4) is 0 Å². The van der Waals surface area contributed by atoms with Gasteiger partial charge in [-0.05, 0) is 0 Å². The highest BCUT2D eigenvalue weighted by Gasteiger charge is 1.89. The van der Waals surface area contributed by atoms with E-state index in [9.17, 15) is 4.79 Å². The van der Waals surface area contributed by atoms with Gasteiger partial charge in [0.05, 0.1) is 6.42 Å². The molecule has 7 heavy (non-hydrogen) atoms. The van der Waals surface area contributed by atoms with Crippen LogP contribution >= 0.6 is 11.6 Å². The van der Waals surface area contributed by atoms with E-state index in [0.29, 0.717) is 0 Å². The zero-order valence-corrected chi connectivity index (χ0v) is 3.90. The lowest BCUT2D eigenvalue weighted by Gasteiger charge is -1.78. The molecular formula is C3H8AlClO2. The first-order valence-electron chi connectivity index (χ1n) is 1.55. The van der Waals surface area contributed by atoms with E-state index in [-0.39, 0.29) is 29.7 Å². The molecule has 0 fully saturated rings. The second-order valence-corrected chi connectivity index (χ2v) is 1.21. The molecule has 0 aliphatic rings. The molecule has 0 aromatic carbocycles. The van der Waals surface area contributed by atoms with Crippen molar-refractivity contribution in [3.63, 3.8) is 0 Å². The number of aliphatic carboxylic acids is 1. The Hall–Kier alpha value is 0.292. The van der Waals surface area contributed by atoms with Gasteiger partial charge in [-0.1, -0.05) is 0 Å². The molecule has 0 atom stereocenters. The van der Waals surface area contributed by atoms with Crippen LogP contribution in [0.3, 0.4) is 0 Å². The lowest BCUT2D eigenvalue weighted by molar-refractivity contribution is -0.136. The Bertz CT molecular complexity index is 56.9. The number of hydrogen-bond acceptors (Lipinski definition) is 1. The first kappa shape index (κ1) is 10.3. The highest BCUT2D eigenvalue weighted by molar-refractivity contribution is 6.18. The summed E-state index contributed by atoms with van der Waals surface area (Å²) in [5.41, 5.74) is 0. The van der Waals surface area contributed by atoms with Gasteiger partial charge in [0, 0.05) is 5.88 Å². The van der Waals surface area contributed by atoms with E-state index in [1.807, 2.05) is 0 Å². The molecule has 0 heterocycles. The number of halogens is 1. The fourth-order valence-electron chi connectivity index (χ4n) is 0.0808. The van der Waals surface area contributed by atoms with Gasteiger partial charge in [-0.2, -0.15) is 0 Å². The number of hydrogen-bond donors (Lipinski definition) is 1. The molecule has 0 spiro atoms. The van der Waals surface area contributed by atoms with Gasteiger partial charge < -0.3 is 5.11 Å². The van der Waals surface area contributed by atoms with Crippen molar-refractivity contribution in [1.29, 1.82) is 0 Å². The molecule has 0 rings (SSSR count). The second-order valence-electron chi connectivity index (χ2n) is 0.833. The van der Waals surface area contributed by atoms with E-state index in [1.54, 1.807) is 0 Å². The summed E-state index contributed by atoms with van der Waals surface area (Å²) in [5, 5.41) is 7.83. The summed E-state index contributed by atoms with van der Waals surface area (Å²) in [6.45, 7) is 0. The molecule has 0 aromatic rings. The topological polar surface area (TPSA) is 37.3 Å².